The normalized spacial score (nSPS) is 12.7. The molecule has 1 N–H and O–H groups in total. The average Bonchev–Trinajstić information content (AvgIpc) is 2.91. The summed E-state index contributed by atoms with van der Waals surface area (Å²) in [6, 6.07) is 14.5. The lowest BCUT2D eigenvalue weighted by Crippen LogP contribution is -2.17. The number of hydrogen-bond acceptors (Lipinski definition) is 3. The van der Waals surface area contributed by atoms with Crippen molar-refractivity contribution in [2.75, 3.05) is 0 Å². The first-order valence-electron chi connectivity index (χ1n) is 6.29. The van der Waals surface area contributed by atoms with Crippen LogP contribution in [0, 0.1) is 0 Å². The molecule has 0 amide bonds. The topological polar surface area (TPSA) is 50.9 Å². The van der Waals surface area contributed by atoms with Gasteiger partial charge in [0.05, 0.1) is 12.6 Å². The van der Waals surface area contributed by atoms with Gasteiger partial charge in [0.25, 0.3) is 0 Å². The van der Waals surface area contributed by atoms with E-state index in [-0.39, 0.29) is 0 Å². The van der Waals surface area contributed by atoms with Crippen LogP contribution in [-0.4, -0.2) is 26.0 Å². The van der Waals surface area contributed by atoms with Gasteiger partial charge in [0.1, 0.15) is 12.7 Å². The van der Waals surface area contributed by atoms with Crippen molar-refractivity contribution in [3.63, 3.8) is 0 Å². The molecular formula is C15H15N3O. The van der Waals surface area contributed by atoms with E-state index in [9.17, 15) is 5.11 Å². The number of aliphatic hydroxyl groups excluding tert-OH is 1. The summed E-state index contributed by atoms with van der Waals surface area (Å²) >= 11 is 0. The van der Waals surface area contributed by atoms with Crippen LogP contribution in [0.15, 0.2) is 55.1 Å². The SMILES string of the molecule is O[C@H](Cc1ccc2ccccc2c1)Cn1cnnc1. The largest absolute Gasteiger partial charge is 0.391 e. The van der Waals surface area contributed by atoms with Crippen LogP contribution in [0.2, 0.25) is 0 Å². The molecule has 0 saturated carbocycles. The summed E-state index contributed by atoms with van der Waals surface area (Å²) in [7, 11) is 0. The van der Waals surface area contributed by atoms with E-state index in [1.165, 1.54) is 10.8 Å². The second-order valence-electron chi connectivity index (χ2n) is 4.70. The van der Waals surface area contributed by atoms with Crippen molar-refractivity contribution in [1.29, 1.82) is 0 Å². The Morgan fingerprint density at radius 3 is 2.53 bits per heavy atom. The van der Waals surface area contributed by atoms with Crippen molar-refractivity contribution in [2.45, 2.75) is 19.1 Å². The van der Waals surface area contributed by atoms with Crippen molar-refractivity contribution in [2.24, 2.45) is 0 Å². The summed E-state index contributed by atoms with van der Waals surface area (Å²) in [4.78, 5) is 0. The highest BCUT2D eigenvalue weighted by atomic mass is 16.3. The monoisotopic (exact) mass is 253 g/mol. The molecule has 1 heterocycles. The van der Waals surface area contributed by atoms with Crippen LogP contribution in [0.1, 0.15) is 5.56 Å². The number of fused-ring (bicyclic) bond motifs is 1. The first-order valence-corrected chi connectivity index (χ1v) is 6.29. The summed E-state index contributed by atoms with van der Waals surface area (Å²) < 4.78 is 1.78. The third-order valence-electron chi connectivity index (χ3n) is 3.17. The second-order valence-corrected chi connectivity index (χ2v) is 4.70. The minimum atomic E-state index is -0.433. The number of benzene rings is 2. The van der Waals surface area contributed by atoms with Crippen molar-refractivity contribution < 1.29 is 5.11 Å². The van der Waals surface area contributed by atoms with Gasteiger partial charge in [0, 0.05) is 6.42 Å². The van der Waals surface area contributed by atoms with Crippen LogP contribution >= 0.6 is 0 Å². The van der Waals surface area contributed by atoms with Crippen LogP contribution in [0.3, 0.4) is 0 Å². The molecule has 0 radical (unpaired) electrons. The third-order valence-corrected chi connectivity index (χ3v) is 3.17. The summed E-state index contributed by atoms with van der Waals surface area (Å²) in [5.41, 5.74) is 1.14. The minimum Gasteiger partial charge on any atom is -0.391 e. The molecule has 1 aromatic heterocycles. The van der Waals surface area contributed by atoms with E-state index in [0.717, 1.165) is 5.56 Å². The quantitative estimate of drug-likeness (QED) is 0.774. The molecule has 4 heteroatoms. The zero-order valence-electron chi connectivity index (χ0n) is 10.5. The van der Waals surface area contributed by atoms with E-state index >= 15 is 0 Å². The predicted octanol–water partition coefficient (Wildman–Crippen LogP) is 2.03. The molecule has 0 aliphatic rings. The van der Waals surface area contributed by atoms with Gasteiger partial charge in [-0.1, -0.05) is 42.5 Å². The summed E-state index contributed by atoms with van der Waals surface area (Å²) in [6.45, 7) is 0.514. The van der Waals surface area contributed by atoms with Crippen molar-refractivity contribution in [3.05, 3.63) is 60.7 Å². The van der Waals surface area contributed by atoms with Gasteiger partial charge >= 0.3 is 0 Å². The Morgan fingerprint density at radius 1 is 1.00 bits per heavy atom. The molecule has 0 bridgehead atoms. The molecule has 3 aromatic rings. The molecule has 3 rings (SSSR count). The average molecular weight is 253 g/mol. The number of aromatic nitrogens is 3. The van der Waals surface area contributed by atoms with Gasteiger partial charge < -0.3 is 9.67 Å². The molecule has 0 aliphatic carbocycles. The van der Waals surface area contributed by atoms with Gasteiger partial charge in [-0.2, -0.15) is 0 Å². The summed E-state index contributed by atoms with van der Waals surface area (Å²) in [5.74, 6) is 0. The highest BCUT2D eigenvalue weighted by Gasteiger charge is 2.07. The maximum Gasteiger partial charge on any atom is 0.119 e. The fraction of sp³-hybridized carbons (Fsp3) is 0.200. The lowest BCUT2D eigenvalue weighted by atomic mass is 10.0. The van der Waals surface area contributed by atoms with Crippen molar-refractivity contribution in [3.8, 4) is 0 Å². The Labute approximate surface area is 111 Å². The molecule has 4 nitrogen and oxygen atoms in total. The Kier molecular flexibility index (Phi) is 3.25. The molecule has 2 aromatic carbocycles. The highest BCUT2D eigenvalue weighted by molar-refractivity contribution is 5.82. The zero-order valence-corrected chi connectivity index (χ0v) is 10.5. The van der Waals surface area contributed by atoms with E-state index in [1.807, 2.05) is 12.1 Å². The number of hydrogen-bond donors (Lipinski definition) is 1. The van der Waals surface area contributed by atoms with E-state index < -0.39 is 6.10 Å². The fourth-order valence-electron chi connectivity index (χ4n) is 2.26. The second kappa shape index (κ2) is 5.20. The van der Waals surface area contributed by atoms with Crippen LogP contribution in [0.25, 0.3) is 10.8 Å². The van der Waals surface area contributed by atoms with Gasteiger partial charge in [-0.25, -0.2) is 0 Å². The lowest BCUT2D eigenvalue weighted by Gasteiger charge is -2.11. The Bertz CT molecular complexity index is 664. The minimum absolute atomic E-state index is 0.433. The third kappa shape index (κ3) is 2.80. The number of nitrogens with zero attached hydrogens (tertiary/aromatic N) is 3. The maximum absolute atomic E-state index is 10.1. The lowest BCUT2D eigenvalue weighted by molar-refractivity contribution is 0.154. The Hall–Kier alpha value is -2.20. The highest BCUT2D eigenvalue weighted by Crippen LogP contribution is 2.16. The first kappa shape index (κ1) is 11.9. The van der Waals surface area contributed by atoms with E-state index in [0.29, 0.717) is 13.0 Å². The van der Waals surface area contributed by atoms with Gasteiger partial charge in [0.15, 0.2) is 0 Å². The van der Waals surface area contributed by atoms with E-state index in [1.54, 1.807) is 17.2 Å². The van der Waals surface area contributed by atoms with Crippen molar-refractivity contribution in [1.82, 2.24) is 14.8 Å². The molecule has 0 spiro atoms. The predicted molar refractivity (Wildman–Crippen MR) is 73.7 cm³/mol. The van der Waals surface area contributed by atoms with E-state index in [2.05, 4.69) is 40.5 Å². The van der Waals surface area contributed by atoms with Crippen molar-refractivity contribution >= 4 is 10.8 Å². The Balaban J connectivity index is 1.73. The number of rotatable bonds is 4. The standard InChI is InChI=1S/C15H15N3O/c19-15(9-18-10-16-17-11-18)8-12-5-6-13-3-1-2-4-14(13)7-12/h1-7,10-11,15,19H,8-9H2/t15-/m1/s1. The first-order chi connectivity index (χ1) is 9.31. The van der Waals surface area contributed by atoms with Gasteiger partial charge in [0.2, 0.25) is 0 Å². The van der Waals surface area contributed by atoms with Crippen LogP contribution in [-0.2, 0) is 13.0 Å². The molecule has 1 atom stereocenters. The molecule has 0 unspecified atom stereocenters. The summed E-state index contributed by atoms with van der Waals surface area (Å²) in [5, 5.41) is 19.9. The molecule has 96 valence electrons. The molecule has 0 aliphatic heterocycles. The van der Waals surface area contributed by atoms with Crippen LogP contribution in [0.4, 0.5) is 0 Å². The summed E-state index contributed by atoms with van der Waals surface area (Å²) in [6.07, 6.45) is 3.42. The Morgan fingerprint density at radius 2 is 1.74 bits per heavy atom. The van der Waals surface area contributed by atoms with Gasteiger partial charge in [-0.15, -0.1) is 10.2 Å². The molecule has 0 fully saturated rings. The maximum atomic E-state index is 10.1. The molecular weight excluding hydrogens is 238 g/mol. The fourth-order valence-corrected chi connectivity index (χ4v) is 2.26. The van der Waals surface area contributed by atoms with Crippen LogP contribution in [0.5, 0.6) is 0 Å². The zero-order chi connectivity index (χ0) is 13.1. The number of aliphatic hydroxyl groups is 1. The van der Waals surface area contributed by atoms with Gasteiger partial charge in [-0.05, 0) is 16.3 Å². The smallest absolute Gasteiger partial charge is 0.119 e. The molecule has 0 saturated heterocycles. The molecule has 19 heavy (non-hydrogen) atoms. The van der Waals surface area contributed by atoms with Crippen LogP contribution < -0.4 is 0 Å². The van der Waals surface area contributed by atoms with E-state index in [4.69, 9.17) is 0 Å². The van der Waals surface area contributed by atoms with Gasteiger partial charge in [-0.3, -0.25) is 0 Å².